The fourth-order valence-electron chi connectivity index (χ4n) is 4.04. The molecule has 0 atom stereocenters. The maximum absolute atomic E-state index is 4.92. The second-order valence-electron chi connectivity index (χ2n) is 7.78. The molecule has 2 saturated heterocycles. The van der Waals surface area contributed by atoms with Crippen LogP contribution in [0, 0.1) is 0 Å². The number of nitrogens with zero attached hydrogens (tertiary/aromatic N) is 8. The Labute approximate surface area is 208 Å². The average molecular weight is 551 g/mol. The van der Waals surface area contributed by atoms with Gasteiger partial charge in [-0.3, -0.25) is 9.89 Å². The van der Waals surface area contributed by atoms with E-state index >= 15 is 0 Å². The van der Waals surface area contributed by atoms with Crippen molar-refractivity contribution in [3.05, 3.63) is 42.9 Å². The smallest absolute Gasteiger partial charge is 0.225 e. The van der Waals surface area contributed by atoms with Crippen molar-refractivity contribution in [3.8, 4) is 0 Å². The Hall–Kier alpha value is -2.21. The molecule has 4 rings (SSSR count). The summed E-state index contributed by atoms with van der Waals surface area (Å²) in [6.07, 6.45) is 5.48. The van der Waals surface area contributed by atoms with Crippen molar-refractivity contribution in [2.75, 3.05) is 81.8 Å². The summed E-state index contributed by atoms with van der Waals surface area (Å²) in [5.41, 5.74) is 0. The number of anilines is 2. The standard InChI is InChI=1S/C22H33N9.HI/c1-2-23-21(31-18-16-29(17-19-31)20-6-3-4-7-24-20)27-10-11-28-12-14-30(15-13-28)22-25-8-5-9-26-22;/h3-9H,2,10-19H2,1H3,(H,23,27);1H. The minimum atomic E-state index is 0. The van der Waals surface area contributed by atoms with E-state index in [0.717, 1.165) is 89.7 Å². The van der Waals surface area contributed by atoms with Gasteiger partial charge in [0.2, 0.25) is 5.95 Å². The maximum atomic E-state index is 4.92. The minimum Gasteiger partial charge on any atom is -0.357 e. The molecule has 0 aliphatic carbocycles. The number of aromatic nitrogens is 3. The normalized spacial score (nSPS) is 17.8. The predicted octanol–water partition coefficient (Wildman–Crippen LogP) is 1.40. The van der Waals surface area contributed by atoms with E-state index in [0.29, 0.717) is 0 Å². The highest BCUT2D eigenvalue weighted by Gasteiger charge is 2.21. The number of guanidine groups is 1. The van der Waals surface area contributed by atoms with E-state index in [1.165, 1.54) is 0 Å². The van der Waals surface area contributed by atoms with Gasteiger partial charge in [-0.05, 0) is 25.1 Å². The summed E-state index contributed by atoms with van der Waals surface area (Å²) >= 11 is 0. The van der Waals surface area contributed by atoms with Crippen LogP contribution in [0.25, 0.3) is 0 Å². The van der Waals surface area contributed by atoms with Crippen LogP contribution in [0.4, 0.5) is 11.8 Å². The summed E-state index contributed by atoms with van der Waals surface area (Å²) in [7, 11) is 0. The molecule has 2 aromatic heterocycles. The van der Waals surface area contributed by atoms with Gasteiger partial charge in [-0.1, -0.05) is 6.07 Å². The molecule has 174 valence electrons. The Kier molecular flexibility index (Phi) is 9.72. The molecule has 2 aromatic rings. The largest absolute Gasteiger partial charge is 0.357 e. The molecule has 0 amide bonds. The van der Waals surface area contributed by atoms with E-state index in [1.54, 1.807) is 0 Å². The lowest BCUT2D eigenvalue weighted by Gasteiger charge is -2.37. The molecular formula is C22H34IN9. The van der Waals surface area contributed by atoms with Crippen molar-refractivity contribution in [1.29, 1.82) is 0 Å². The van der Waals surface area contributed by atoms with Gasteiger partial charge in [0.1, 0.15) is 5.82 Å². The van der Waals surface area contributed by atoms with Gasteiger partial charge in [0.15, 0.2) is 5.96 Å². The van der Waals surface area contributed by atoms with E-state index in [2.05, 4.69) is 52.9 Å². The Morgan fingerprint density at radius 3 is 2.22 bits per heavy atom. The van der Waals surface area contributed by atoms with Crippen molar-refractivity contribution in [2.24, 2.45) is 4.99 Å². The molecule has 0 unspecified atom stereocenters. The number of nitrogens with one attached hydrogen (secondary N) is 1. The van der Waals surface area contributed by atoms with E-state index in [9.17, 15) is 0 Å². The van der Waals surface area contributed by atoms with Crippen molar-refractivity contribution < 1.29 is 0 Å². The molecule has 1 N–H and O–H groups in total. The number of aliphatic imine (C=N–C) groups is 1. The third kappa shape index (κ3) is 6.64. The SMILES string of the molecule is CCNC(=NCCN1CCN(c2ncccn2)CC1)N1CCN(c2ccccn2)CC1.I. The third-order valence-electron chi connectivity index (χ3n) is 5.77. The van der Waals surface area contributed by atoms with Crippen LogP contribution < -0.4 is 15.1 Å². The van der Waals surface area contributed by atoms with E-state index in [-0.39, 0.29) is 24.0 Å². The first-order chi connectivity index (χ1) is 15.3. The summed E-state index contributed by atoms with van der Waals surface area (Å²) in [6, 6.07) is 7.95. The molecular weight excluding hydrogens is 517 g/mol. The lowest BCUT2D eigenvalue weighted by molar-refractivity contribution is 0.263. The summed E-state index contributed by atoms with van der Waals surface area (Å²) in [4.78, 5) is 27.6. The Bertz CT molecular complexity index is 805. The van der Waals surface area contributed by atoms with Crippen molar-refractivity contribution in [1.82, 2.24) is 30.1 Å². The number of hydrogen-bond donors (Lipinski definition) is 1. The number of halogens is 1. The van der Waals surface area contributed by atoms with Gasteiger partial charge >= 0.3 is 0 Å². The zero-order chi connectivity index (χ0) is 21.3. The Morgan fingerprint density at radius 2 is 1.56 bits per heavy atom. The van der Waals surface area contributed by atoms with Crippen LogP contribution in [0.2, 0.25) is 0 Å². The van der Waals surface area contributed by atoms with Crippen LogP contribution in [-0.4, -0.2) is 103 Å². The van der Waals surface area contributed by atoms with Gasteiger partial charge in [-0.15, -0.1) is 24.0 Å². The van der Waals surface area contributed by atoms with Crippen LogP contribution in [0.3, 0.4) is 0 Å². The monoisotopic (exact) mass is 551 g/mol. The lowest BCUT2D eigenvalue weighted by Crippen LogP contribution is -2.53. The molecule has 4 heterocycles. The van der Waals surface area contributed by atoms with Gasteiger partial charge < -0.3 is 20.0 Å². The molecule has 0 aromatic carbocycles. The molecule has 0 spiro atoms. The lowest BCUT2D eigenvalue weighted by atomic mass is 10.3. The first-order valence-corrected chi connectivity index (χ1v) is 11.3. The molecule has 2 fully saturated rings. The molecule has 2 aliphatic rings. The molecule has 0 radical (unpaired) electrons. The highest BCUT2D eigenvalue weighted by Crippen LogP contribution is 2.13. The summed E-state index contributed by atoms with van der Waals surface area (Å²) in [6.45, 7) is 12.6. The van der Waals surface area contributed by atoms with E-state index in [1.807, 2.05) is 36.8 Å². The highest BCUT2D eigenvalue weighted by atomic mass is 127. The van der Waals surface area contributed by atoms with Crippen LogP contribution >= 0.6 is 24.0 Å². The van der Waals surface area contributed by atoms with Gasteiger partial charge in [0, 0.05) is 84.0 Å². The highest BCUT2D eigenvalue weighted by molar-refractivity contribution is 14.0. The van der Waals surface area contributed by atoms with E-state index in [4.69, 9.17) is 4.99 Å². The number of hydrogen-bond acceptors (Lipinski definition) is 7. The molecule has 2 aliphatic heterocycles. The number of piperazine rings is 2. The van der Waals surface area contributed by atoms with Crippen molar-refractivity contribution >= 4 is 41.7 Å². The molecule has 10 heteroatoms. The maximum Gasteiger partial charge on any atom is 0.225 e. The van der Waals surface area contributed by atoms with Gasteiger partial charge in [-0.25, -0.2) is 15.0 Å². The fraction of sp³-hybridized carbons (Fsp3) is 0.545. The van der Waals surface area contributed by atoms with Crippen molar-refractivity contribution in [2.45, 2.75) is 6.92 Å². The second kappa shape index (κ2) is 12.7. The third-order valence-corrected chi connectivity index (χ3v) is 5.77. The van der Waals surface area contributed by atoms with Gasteiger partial charge in [0.25, 0.3) is 0 Å². The van der Waals surface area contributed by atoms with Crippen LogP contribution in [-0.2, 0) is 0 Å². The molecule has 0 saturated carbocycles. The zero-order valence-electron chi connectivity index (χ0n) is 18.8. The predicted molar refractivity (Wildman–Crippen MR) is 140 cm³/mol. The average Bonchev–Trinajstić information content (AvgIpc) is 2.85. The van der Waals surface area contributed by atoms with Crippen LogP contribution in [0.5, 0.6) is 0 Å². The molecule has 0 bridgehead atoms. The van der Waals surface area contributed by atoms with Crippen molar-refractivity contribution in [3.63, 3.8) is 0 Å². The molecule has 9 nitrogen and oxygen atoms in total. The first kappa shape index (κ1) is 24.4. The Morgan fingerprint density at radius 1 is 0.875 bits per heavy atom. The first-order valence-electron chi connectivity index (χ1n) is 11.3. The summed E-state index contributed by atoms with van der Waals surface area (Å²) in [5.74, 6) is 2.92. The topological polar surface area (TPSA) is 76.0 Å². The molecule has 32 heavy (non-hydrogen) atoms. The number of pyridine rings is 1. The Balaban J connectivity index is 0.00000289. The zero-order valence-corrected chi connectivity index (χ0v) is 21.1. The summed E-state index contributed by atoms with van der Waals surface area (Å²) < 4.78 is 0. The number of rotatable bonds is 6. The second-order valence-corrected chi connectivity index (χ2v) is 7.78. The fourth-order valence-corrected chi connectivity index (χ4v) is 4.04. The summed E-state index contributed by atoms with van der Waals surface area (Å²) in [5, 5.41) is 3.47. The van der Waals surface area contributed by atoms with Gasteiger partial charge in [-0.2, -0.15) is 0 Å². The van der Waals surface area contributed by atoms with E-state index < -0.39 is 0 Å². The minimum absolute atomic E-state index is 0. The quantitative estimate of drug-likeness (QED) is 0.328. The van der Waals surface area contributed by atoms with Crippen LogP contribution in [0.15, 0.2) is 47.8 Å². The van der Waals surface area contributed by atoms with Crippen LogP contribution in [0.1, 0.15) is 6.92 Å². The van der Waals surface area contributed by atoms with Gasteiger partial charge in [0.05, 0.1) is 6.54 Å².